The van der Waals surface area contributed by atoms with Gasteiger partial charge in [-0.25, -0.2) is 4.79 Å². The van der Waals surface area contributed by atoms with Crippen LogP contribution in [0.15, 0.2) is 11.6 Å². The van der Waals surface area contributed by atoms with Crippen LogP contribution in [0.5, 0.6) is 0 Å². The zero-order valence-corrected chi connectivity index (χ0v) is 10.7. The van der Waals surface area contributed by atoms with Crippen molar-refractivity contribution in [1.82, 2.24) is 9.96 Å². The molecule has 2 N–H and O–H groups in total. The average Bonchev–Trinajstić information content (AvgIpc) is 2.56. The van der Waals surface area contributed by atoms with Crippen LogP contribution in [0.2, 0.25) is 0 Å². The van der Waals surface area contributed by atoms with E-state index in [9.17, 15) is 19.5 Å². The first-order valence-electron chi connectivity index (χ1n) is 5.32. The Morgan fingerprint density at radius 1 is 1.58 bits per heavy atom. The molecule has 2 bridgehead atoms. The van der Waals surface area contributed by atoms with Gasteiger partial charge >= 0.3 is 24.9 Å². The Morgan fingerprint density at radius 2 is 2.21 bits per heavy atom. The maximum Gasteiger partial charge on any atom is 1.00 e. The summed E-state index contributed by atoms with van der Waals surface area (Å²) in [6.07, 6.45) is 1.58. The summed E-state index contributed by atoms with van der Waals surface area (Å²) in [5.41, 5.74) is 5.94. The number of urea groups is 1. The van der Waals surface area contributed by atoms with Crippen molar-refractivity contribution in [3.05, 3.63) is 11.6 Å². The minimum atomic E-state index is -1.42. The van der Waals surface area contributed by atoms with Gasteiger partial charge in [-0.3, -0.25) is 9.63 Å². The molecule has 0 aromatic rings. The van der Waals surface area contributed by atoms with Crippen LogP contribution in [-0.4, -0.2) is 53.1 Å². The molecule has 0 spiro atoms. The van der Waals surface area contributed by atoms with Gasteiger partial charge in [0.1, 0.15) is 12.6 Å². The van der Waals surface area contributed by atoms with Crippen molar-refractivity contribution in [3.8, 4) is 0 Å². The summed E-state index contributed by atoms with van der Waals surface area (Å²) in [6, 6.07) is -1.78. The molecule has 1 fully saturated rings. The van der Waals surface area contributed by atoms with E-state index >= 15 is 0 Å². The fourth-order valence-electron chi connectivity index (χ4n) is 2.11. The van der Waals surface area contributed by atoms with Crippen molar-refractivity contribution in [2.75, 3.05) is 13.2 Å². The van der Waals surface area contributed by atoms with E-state index in [1.807, 2.05) is 0 Å². The molecular weight excluding hydrogens is 249 g/mol. The third-order valence-corrected chi connectivity index (χ3v) is 2.98. The molecule has 8 nitrogen and oxygen atoms in total. The fraction of sp³-hybridized carbons (Fsp3) is 0.500. The summed E-state index contributed by atoms with van der Waals surface area (Å²) < 4.78 is 0. The minimum absolute atomic E-state index is 0. The summed E-state index contributed by atoms with van der Waals surface area (Å²) in [7, 11) is 0. The van der Waals surface area contributed by atoms with Gasteiger partial charge in [0.25, 0.3) is 0 Å². The van der Waals surface area contributed by atoms with Crippen molar-refractivity contribution in [2.24, 2.45) is 5.73 Å². The Bertz CT molecular complexity index is 452. The fourth-order valence-corrected chi connectivity index (χ4v) is 2.11. The number of nitrogens with two attached hydrogens (primary N) is 1. The summed E-state index contributed by atoms with van der Waals surface area (Å²) in [5, 5.41) is 11.3. The van der Waals surface area contributed by atoms with Crippen molar-refractivity contribution in [2.45, 2.75) is 19.0 Å². The standard InChI is InChI=1S/C10H13N3O5.Li/c1-5-2-6(9(11)16)12-3-7(5)13(10(12)17)18-4-8(14)15;/h2,6-7H,3-4H2,1H3,(H2,11,16)(H,14,15);/q;+1/p-1/t6-,7-;/m0./s1. The van der Waals surface area contributed by atoms with E-state index < -0.39 is 36.6 Å². The number of amides is 3. The van der Waals surface area contributed by atoms with Gasteiger partial charge in [-0.15, -0.1) is 0 Å². The van der Waals surface area contributed by atoms with Crippen molar-refractivity contribution >= 4 is 17.9 Å². The van der Waals surface area contributed by atoms with E-state index in [4.69, 9.17) is 10.6 Å². The number of carboxylic acid groups (broad SMARTS) is 1. The third-order valence-electron chi connectivity index (χ3n) is 2.98. The number of carbonyl (C=O) groups excluding carboxylic acids is 3. The van der Waals surface area contributed by atoms with Crippen molar-refractivity contribution in [1.29, 1.82) is 0 Å². The van der Waals surface area contributed by atoms with Crippen LogP contribution in [0.25, 0.3) is 0 Å². The molecule has 2 atom stereocenters. The van der Waals surface area contributed by atoms with Crippen LogP contribution in [0.1, 0.15) is 6.92 Å². The Balaban J connectivity index is 0.00000180. The van der Waals surface area contributed by atoms with E-state index in [0.717, 1.165) is 10.6 Å². The van der Waals surface area contributed by atoms with Gasteiger partial charge in [0, 0.05) is 0 Å². The van der Waals surface area contributed by atoms with Gasteiger partial charge in [-0.05, 0) is 12.5 Å². The zero-order chi connectivity index (χ0) is 13.4. The summed E-state index contributed by atoms with van der Waals surface area (Å²) >= 11 is 0. The number of hydroxylamine groups is 2. The number of nitrogens with zero attached hydrogens (tertiary/aromatic N) is 2. The van der Waals surface area contributed by atoms with Crippen LogP contribution in [0.3, 0.4) is 0 Å². The topological polar surface area (TPSA) is 116 Å². The second kappa shape index (κ2) is 5.65. The Morgan fingerprint density at radius 3 is 2.74 bits per heavy atom. The SMILES string of the molecule is CC1=C[C@@H](C(N)=O)N2C[C@@H]1N(OCC(=O)[O-])C2=O.[Li+]. The summed E-state index contributed by atoms with van der Waals surface area (Å²) in [4.78, 5) is 39.6. The quantitative estimate of drug-likeness (QED) is 0.400. The molecule has 19 heavy (non-hydrogen) atoms. The first-order valence-corrected chi connectivity index (χ1v) is 5.32. The summed E-state index contributed by atoms with van der Waals surface area (Å²) in [6.45, 7) is 1.26. The predicted molar refractivity (Wildman–Crippen MR) is 55.4 cm³/mol. The molecule has 0 aromatic carbocycles. The van der Waals surface area contributed by atoms with Gasteiger partial charge in [0.15, 0.2) is 0 Å². The van der Waals surface area contributed by atoms with E-state index in [2.05, 4.69) is 0 Å². The first kappa shape index (κ1) is 15.6. The monoisotopic (exact) mass is 261 g/mol. The molecule has 9 heteroatoms. The van der Waals surface area contributed by atoms with Crippen LogP contribution in [0, 0.1) is 0 Å². The molecule has 1 saturated heterocycles. The second-order valence-electron chi connectivity index (χ2n) is 4.18. The Hall–Kier alpha value is -1.49. The number of hydrogen-bond acceptors (Lipinski definition) is 5. The molecule has 0 unspecified atom stereocenters. The number of fused-ring (bicyclic) bond motifs is 2. The number of aliphatic carboxylic acids is 1. The first-order chi connectivity index (χ1) is 8.41. The van der Waals surface area contributed by atoms with Crippen molar-refractivity contribution in [3.63, 3.8) is 0 Å². The number of rotatable bonds is 4. The van der Waals surface area contributed by atoms with Gasteiger partial charge in [-0.2, -0.15) is 5.06 Å². The molecule has 0 aromatic heterocycles. The molecular formula is C10H12LiN3O5. The maximum atomic E-state index is 11.9. The molecule has 2 rings (SSSR count). The van der Waals surface area contributed by atoms with E-state index in [1.54, 1.807) is 13.0 Å². The number of hydrogen-bond donors (Lipinski definition) is 1. The van der Waals surface area contributed by atoms with Gasteiger partial charge in [-0.1, -0.05) is 6.08 Å². The van der Waals surface area contributed by atoms with Crippen LogP contribution < -0.4 is 29.7 Å². The number of primary amides is 1. The Labute approximate surface area is 121 Å². The summed E-state index contributed by atoms with van der Waals surface area (Å²) in [5.74, 6) is -2.06. The Kier molecular flexibility index (Phi) is 4.63. The molecule has 98 valence electrons. The largest absolute Gasteiger partial charge is 1.00 e. The molecule has 0 aliphatic carbocycles. The zero-order valence-electron chi connectivity index (χ0n) is 10.7. The molecule has 2 aliphatic rings. The number of carbonyl (C=O) groups is 3. The second-order valence-corrected chi connectivity index (χ2v) is 4.18. The molecule has 3 amide bonds. The van der Waals surface area contributed by atoms with E-state index in [0.29, 0.717) is 0 Å². The van der Waals surface area contributed by atoms with E-state index in [1.165, 1.54) is 4.90 Å². The molecule has 0 radical (unpaired) electrons. The normalized spacial score (nSPS) is 24.9. The van der Waals surface area contributed by atoms with E-state index in [-0.39, 0.29) is 25.4 Å². The minimum Gasteiger partial charge on any atom is -0.548 e. The molecule has 0 saturated carbocycles. The van der Waals surface area contributed by atoms with Crippen LogP contribution in [0.4, 0.5) is 4.79 Å². The van der Waals surface area contributed by atoms with Crippen LogP contribution in [-0.2, 0) is 14.4 Å². The maximum absolute atomic E-state index is 11.9. The third kappa shape index (κ3) is 2.76. The smallest absolute Gasteiger partial charge is 0.548 e. The van der Waals surface area contributed by atoms with Gasteiger partial charge < -0.3 is 20.5 Å². The molecule has 2 aliphatic heterocycles. The predicted octanol–water partition coefficient (Wildman–Crippen LogP) is -5.41. The molecule has 2 heterocycles. The van der Waals surface area contributed by atoms with Crippen molar-refractivity contribution < 1.29 is 43.2 Å². The van der Waals surface area contributed by atoms with Gasteiger partial charge in [0.05, 0.1) is 18.6 Å². The number of carboxylic acids is 1. The van der Waals surface area contributed by atoms with Crippen LogP contribution >= 0.6 is 0 Å². The average molecular weight is 261 g/mol. The van der Waals surface area contributed by atoms with Gasteiger partial charge in [0.2, 0.25) is 5.91 Å².